The molecule has 0 saturated heterocycles. The lowest BCUT2D eigenvalue weighted by Gasteiger charge is -2.19. The van der Waals surface area contributed by atoms with Gasteiger partial charge in [-0.05, 0) is 56.5 Å². The van der Waals surface area contributed by atoms with Crippen LogP contribution in [0.25, 0.3) is 0 Å². The predicted molar refractivity (Wildman–Crippen MR) is 86.0 cm³/mol. The molecule has 0 radical (unpaired) electrons. The first-order chi connectivity index (χ1) is 10.1. The summed E-state index contributed by atoms with van der Waals surface area (Å²) >= 11 is 0. The molecule has 2 heterocycles. The van der Waals surface area contributed by atoms with Gasteiger partial charge in [0.25, 0.3) is 5.91 Å². The molecule has 110 valence electrons. The average Bonchev–Trinajstić information content (AvgIpc) is 2.97. The minimum atomic E-state index is -0.0653. The highest BCUT2D eigenvalue weighted by molar-refractivity contribution is 6.03. The Labute approximate surface area is 125 Å². The molecule has 4 nitrogen and oxygen atoms in total. The van der Waals surface area contributed by atoms with E-state index in [1.165, 1.54) is 12.0 Å². The predicted octanol–water partition coefficient (Wildman–Crippen LogP) is 3.68. The van der Waals surface area contributed by atoms with Gasteiger partial charge in [0.2, 0.25) is 0 Å². The molecule has 0 atom stereocenters. The molecule has 2 N–H and O–H groups in total. The van der Waals surface area contributed by atoms with E-state index in [2.05, 4.69) is 30.5 Å². The van der Waals surface area contributed by atoms with Crippen LogP contribution in [0.3, 0.4) is 0 Å². The van der Waals surface area contributed by atoms with Crippen molar-refractivity contribution in [3.8, 4) is 0 Å². The number of aromatic nitrogens is 1. The fourth-order valence-corrected chi connectivity index (χ4v) is 2.77. The number of amides is 1. The number of carbonyl (C=O) groups is 1. The van der Waals surface area contributed by atoms with Crippen molar-refractivity contribution in [1.82, 2.24) is 4.57 Å². The van der Waals surface area contributed by atoms with Crippen LogP contribution in [0.4, 0.5) is 11.4 Å². The highest BCUT2D eigenvalue weighted by Crippen LogP contribution is 2.25. The van der Waals surface area contributed by atoms with Gasteiger partial charge >= 0.3 is 0 Å². The molecule has 21 heavy (non-hydrogen) atoms. The Balaban J connectivity index is 1.80. The van der Waals surface area contributed by atoms with Crippen molar-refractivity contribution in [1.29, 1.82) is 0 Å². The number of hydrogen-bond donors (Lipinski definition) is 2. The molecular formula is C17H21N3O. The maximum absolute atomic E-state index is 12.4. The van der Waals surface area contributed by atoms with E-state index in [1.807, 2.05) is 35.0 Å². The van der Waals surface area contributed by atoms with Gasteiger partial charge in [-0.2, -0.15) is 0 Å². The van der Waals surface area contributed by atoms with E-state index < -0.39 is 0 Å². The third kappa shape index (κ3) is 2.79. The molecule has 0 unspecified atom stereocenters. The summed E-state index contributed by atoms with van der Waals surface area (Å²) in [4.78, 5) is 12.4. The zero-order chi connectivity index (χ0) is 14.8. The Bertz CT molecular complexity index is 658. The van der Waals surface area contributed by atoms with E-state index in [9.17, 15) is 4.79 Å². The second kappa shape index (κ2) is 5.64. The quantitative estimate of drug-likeness (QED) is 0.902. The van der Waals surface area contributed by atoms with E-state index in [4.69, 9.17) is 0 Å². The van der Waals surface area contributed by atoms with Crippen molar-refractivity contribution in [2.24, 2.45) is 0 Å². The smallest absolute Gasteiger partial charge is 0.272 e. The maximum atomic E-state index is 12.4. The lowest BCUT2D eigenvalue weighted by atomic mass is 10.0. The van der Waals surface area contributed by atoms with Crippen molar-refractivity contribution < 1.29 is 4.79 Å². The summed E-state index contributed by atoms with van der Waals surface area (Å²) in [5.74, 6) is -0.0653. The number of carbonyl (C=O) groups excluding carboxylic acids is 1. The van der Waals surface area contributed by atoms with Crippen LogP contribution >= 0.6 is 0 Å². The van der Waals surface area contributed by atoms with Gasteiger partial charge in [-0.15, -0.1) is 0 Å². The van der Waals surface area contributed by atoms with Crippen LogP contribution in [0.5, 0.6) is 0 Å². The Morgan fingerprint density at radius 3 is 3.00 bits per heavy atom. The van der Waals surface area contributed by atoms with Crippen molar-refractivity contribution >= 4 is 17.3 Å². The van der Waals surface area contributed by atoms with Crippen molar-refractivity contribution in [3.05, 3.63) is 47.8 Å². The lowest BCUT2D eigenvalue weighted by molar-refractivity contribution is 0.101. The lowest BCUT2D eigenvalue weighted by Crippen LogP contribution is -2.18. The molecule has 1 aliphatic rings. The molecule has 1 amide bonds. The second-order valence-corrected chi connectivity index (χ2v) is 5.75. The fraction of sp³-hybridized carbons (Fsp3) is 0.353. The van der Waals surface area contributed by atoms with Crippen molar-refractivity contribution in [2.45, 2.75) is 32.7 Å². The van der Waals surface area contributed by atoms with E-state index in [0.717, 1.165) is 24.3 Å². The van der Waals surface area contributed by atoms with Crippen LogP contribution in [0.1, 0.15) is 42.4 Å². The summed E-state index contributed by atoms with van der Waals surface area (Å²) in [6.45, 7) is 5.14. The monoisotopic (exact) mass is 283 g/mol. The standard InChI is InChI=1S/C17H21N3O/c1-12(2)20-10-4-6-16(20)17(21)19-14-8-7-13-5-3-9-18-15(13)11-14/h4,6-8,10-12,18H,3,5,9H2,1-2H3,(H,19,21). The molecule has 1 aliphatic heterocycles. The Kier molecular flexibility index (Phi) is 3.69. The average molecular weight is 283 g/mol. The largest absolute Gasteiger partial charge is 0.385 e. The number of aryl methyl sites for hydroxylation is 1. The van der Waals surface area contributed by atoms with E-state index in [1.54, 1.807) is 0 Å². The topological polar surface area (TPSA) is 46.1 Å². The number of anilines is 2. The Hall–Kier alpha value is -2.23. The normalized spacial score (nSPS) is 13.7. The zero-order valence-corrected chi connectivity index (χ0v) is 12.5. The van der Waals surface area contributed by atoms with Crippen LogP contribution in [0.15, 0.2) is 36.5 Å². The summed E-state index contributed by atoms with van der Waals surface area (Å²) in [5, 5.41) is 6.37. The van der Waals surface area contributed by atoms with E-state index >= 15 is 0 Å². The fourth-order valence-electron chi connectivity index (χ4n) is 2.77. The molecule has 0 spiro atoms. The summed E-state index contributed by atoms with van der Waals surface area (Å²) in [7, 11) is 0. The van der Waals surface area contributed by atoms with Crippen LogP contribution in [-0.2, 0) is 6.42 Å². The molecular weight excluding hydrogens is 262 g/mol. The number of fused-ring (bicyclic) bond motifs is 1. The number of rotatable bonds is 3. The van der Waals surface area contributed by atoms with Gasteiger partial charge in [0.1, 0.15) is 5.69 Å². The molecule has 1 aromatic heterocycles. The number of nitrogens with zero attached hydrogens (tertiary/aromatic N) is 1. The molecule has 0 bridgehead atoms. The molecule has 0 fully saturated rings. The van der Waals surface area contributed by atoms with Crippen LogP contribution < -0.4 is 10.6 Å². The van der Waals surface area contributed by atoms with Gasteiger partial charge in [0.05, 0.1) is 0 Å². The second-order valence-electron chi connectivity index (χ2n) is 5.75. The van der Waals surface area contributed by atoms with Crippen molar-refractivity contribution in [2.75, 3.05) is 17.2 Å². The molecule has 0 saturated carbocycles. The van der Waals surface area contributed by atoms with Gasteiger partial charge in [0.15, 0.2) is 0 Å². The SMILES string of the molecule is CC(C)n1cccc1C(=O)Nc1ccc2c(c1)NCCC2. The van der Waals surface area contributed by atoms with E-state index in [0.29, 0.717) is 5.69 Å². The first kappa shape index (κ1) is 13.7. The van der Waals surface area contributed by atoms with Gasteiger partial charge in [-0.25, -0.2) is 0 Å². The summed E-state index contributed by atoms with van der Waals surface area (Å²) in [5.41, 5.74) is 3.99. The van der Waals surface area contributed by atoms with Crippen molar-refractivity contribution in [3.63, 3.8) is 0 Å². The molecule has 4 heteroatoms. The Morgan fingerprint density at radius 2 is 2.19 bits per heavy atom. The highest BCUT2D eigenvalue weighted by Gasteiger charge is 2.14. The van der Waals surface area contributed by atoms with Gasteiger partial charge in [-0.1, -0.05) is 6.07 Å². The third-order valence-corrected chi connectivity index (χ3v) is 3.87. The molecule has 3 rings (SSSR count). The molecule has 1 aromatic carbocycles. The minimum absolute atomic E-state index is 0.0653. The molecule has 2 aromatic rings. The first-order valence-corrected chi connectivity index (χ1v) is 7.50. The number of nitrogens with one attached hydrogen (secondary N) is 2. The van der Waals surface area contributed by atoms with Gasteiger partial charge in [0, 0.05) is 30.2 Å². The number of benzene rings is 1. The van der Waals surface area contributed by atoms with Gasteiger partial charge < -0.3 is 15.2 Å². The first-order valence-electron chi connectivity index (χ1n) is 7.50. The highest BCUT2D eigenvalue weighted by atomic mass is 16.1. The van der Waals surface area contributed by atoms with Crippen LogP contribution in [-0.4, -0.2) is 17.0 Å². The summed E-state index contributed by atoms with van der Waals surface area (Å²) < 4.78 is 1.98. The molecule has 0 aliphatic carbocycles. The van der Waals surface area contributed by atoms with E-state index in [-0.39, 0.29) is 11.9 Å². The summed E-state index contributed by atoms with van der Waals surface area (Å²) in [6.07, 6.45) is 4.21. The minimum Gasteiger partial charge on any atom is -0.385 e. The van der Waals surface area contributed by atoms with Gasteiger partial charge in [-0.3, -0.25) is 4.79 Å². The maximum Gasteiger partial charge on any atom is 0.272 e. The zero-order valence-electron chi connectivity index (χ0n) is 12.5. The Morgan fingerprint density at radius 1 is 1.33 bits per heavy atom. The third-order valence-electron chi connectivity index (χ3n) is 3.87. The number of hydrogen-bond acceptors (Lipinski definition) is 2. The van der Waals surface area contributed by atoms with Crippen LogP contribution in [0.2, 0.25) is 0 Å². The summed E-state index contributed by atoms with van der Waals surface area (Å²) in [6, 6.07) is 10.1. The van der Waals surface area contributed by atoms with Crippen LogP contribution in [0, 0.1) is 0 Å².